The van der Waals surface area contributed by atoms with Gasteiger partial charge in [-0.25, -0.2) is 0 Å². The van der Waals surface area contributed by atoms with E-state index >= 15 is 0 Å². The summed E-state index contributed by atoms with van der Waals surface area (Å²) in [6, 6.07) is 6.38. The minimum absolute atomic E-state index is 0.239. The normalized spacial score (nSPS) is 18.5. The van der Waals surface area contributed by atoms with Gasteiger partial charge in [0.15, 0.2) is 11.5 Å². The van der Waals surface area contributed by atoms with Crippen LogP contribution in [0.1, 0.15) is 18.5 Å². The molecule has 0 radical (unpaired) electrons. The molecule has 1 heterocycles. The van der Waals surface area contributed by atoms with Crippen molar-refractivity contribution in [2.75, 3.05) is 53.5 Å². The molecule has 21 heavy (non-hydrogen) atoms. The highest BCUT2D eigenvalue weighted by Crippen LogP contribution is 2.32. The number of nitrogens with zero attached hydrogens (tertiary/aromatic N) is 2. The second-order valence-electron chi connectivity index (χ2n) is 5.43. The molecule has 0 bridgehead atoms. The van der Waals surface area contributed by atoms with Gasteiger partial charge in [-0.2, -0.15) is 0 Å². The van der Waals surface area contributed by atoms with Gasteiger partial charge < -0.3 is 20.1 Å². The first-order chi connectivity index (χ1) is 10.2. The summed E-state index contributed by atoms with van der Waals surface area (Å²) in [5.74, 6) is 1.57. The number of likely N-dealkylation sites (N-methyl/N-ethyl adjacent to an activating group) is 1. The summed E-state index contributed by atoms with van der Waals surface area (Å²) >= 11 is 0. The molecule has 1 saturated heterocycles. The predicted molar refractivity (Wildman–Crippen MR) is 85.0 cm³/mol. The van der Waals surface area contributed by atoms with E-state index in [0.29, 0.717) is 13.2 Å². The Labute approximate surface area is 127 Å². The fraction of sp³-hybridized carbons (Fsp3) is 0.625. The van der Waals surface area contributed by atoms with Gasteiger partial charge in [0.1, 0.15) is 0 Å². The maximum Gasteiger partial charge on any atom is 0.161 e. The number of ether oxygens (including phenoxy) is 2. The minimum atomic E-state index is 0.239. The lowest BCUT2D eigenvalue weighted by Gasteiger charge is -2.37. The van der Waals surface area contributed by atoms with E-state index in [1.165, 1.54) is 5.56 Å². The highest BCUT2D eigenvalue weighted by Gasteiger charge is 2.23. The third-order valence-corrected chi connectivity index (χ3v) is 4.07. The monoisotopic (exact) mass is 293 g/mol. The van der Waals surface area contributed by atoms with Crippen LogP contribution in [0.25, 0.3) is 0 Å². The van der Waals surface area contributed by atoms with Crippen LogP contribution in [-0.2, 0) is 0 Å². The molecule has 1 unspecified atom stereocenters. The van der Waals surface area contributed by atoms with Crippen molar-refractivity contribution < 1.29 is 9.47 Å². The minimum Gasteiger partial charge on any atom is -0.493 e. The third-order valence-electron chi connectivity index (χ3n) is 4.07. The van der Waals surface area contributed by atoms with E-state index in [4.69, 9.17) is 15.2 Å². The third kappa shape index (κ3) is 3.87. The van der Waals surface area contributed by atoms with Gasteiger partial charge in [0.2, 0.25) is 0 Å². The van der Waals surface area contributed by atoms with Crippen LogP contribution in [0.5, 0.6) is 11.5 Å². The summed E-state index contributed by atoms with van der Waals surface area (Å²) in [6.45, 7) is 7.49. The molecule has 0 amide bonds. The molecule has 5 heteroatoms. The van der Waals surface area contributed by atoms with Crippen LogP contribution in [0.15, 0.2) is 18.2 Å². The Morgan fingerprint density at radius 3 is 2.48 bits per heavy atom. The van der Waals surface area contributed by atoms with Crippen LogP contribution >= 0.6 is 0 Å². The molecule has 2 rings (SSSR count). The van der Waals surface area contributed by atoms with E-state index in [1.54, 1.807) is 7.11 Å². The van der Waals surface area contributed by atoms with Gasteiger partial charge in [-0.15, -0.1) is 0 Å². The molecule has 0 aliphatic carbocycles. The van der Waals surface area contributed by atoms with Crippen molar-refractivity contribution in [2.45, 2.75) is 13.0 Å². The zero-order valence-corrected chi connectivity index (χ0v) is 13.3. The van der Waals surface area contributed by atoms with E-state index in [1.807, 2.05) is 13.0 Å². The molecule has 1 aliphatic rings. The van der Waals surface area contributed by atoms with Crippen molar-refractivity contribution in [3.05, 3.63) is 23.8 Å². The molecular weight excluding hydrogens is 266 g/mol. The first-order valence-electron chi connectivity index (χ1n) is 7.63. The van der Waals surface area contributed by atoms with Crippen molar-refractivity contribution in [3.8, 4) is 11.5 Å². The molecule has 1 aromatic rings. The van der Waals surface area contributed by atoms with E-state index in [-0.39, 0.29) is 6.04 Å². The van der Waals surface area contributed by atoms with Crippen molar-refractivity contribution >= 4 is 0 Å². The van der Waals surface area contributed by atoms with Crippen LogP contribution in [0.2, 0.25) is 0 Å². The average molecular weight is 293 g/mol. The first kappa shape index (κ1) is 16.1. The molecule has 5 nitrogen and oxygen atoms in total. The van der Waals surface area contributed by atoms with Crippen LogP contribution in [0, 0.1) is 0 Å². The highest BCUT2D eigenvalue weighted by atomic mass is 16.5. The van der Waals surface area contributed by atoms with Crippen molar-refractivity contribution in [2.24, 2.45) is 5.73 Å². The summed E-state index contributed by atoms with van der Waals surface area (Å²) in [5.41, 5.74) is 7.23. The summed E-state index contributed by atoms with van der Waals surface area (Å²) in [6.07, 6.45) is 0. The van der Waals surface area contributed by atoms with Crippen LogP contribution in [0.4, 0.5) is 0 Å². The quantitative estimate of drug-likeness (QED) is 0.858. The fourth-order valence-electron chi connectivity index (χ4n) is 2.80. The van der Waals surface area contributed by atoms with Gasteiger partial charge in [0, 0.05) is 38.8 Å². The summed E-state index contributed by atoms with van der Waals surface area (Å²) in [7, 11) is 3.84. The van der Waals surface area contributed by atoms with Gasteiger partial charge >= 0.3 is 0 Å². The lowest BCUT2D eigenvalue weighted by molar-refractivity contribution is 0.114. The van der Waals surface area contributed by atoms with E-state index in [0.717, 1.165) is 37.7 Å². The zero-order valence-electron chi connectivity index (χ0n) is 13.3. The van der Waals surface area contributed by atoms with Crippen molar-refractivity contribution in [1.29, 1.82) is 0 Å². The maximum atomic E-state index is 6.03. The lowest BCUT2D eigenvalue weighted by Crippen LogP contribution is -2.47. The smallest absolute Gasteiger partial charge is 0.161 e. The van der Waals surface area contributed by atoms with Crippen molar-refractivity contribution in [1.82, 2.24) is 9.80 Å². The van der Waals surface area contributed by atoms with Crippen molar-refractivity contribution in [3.63, 3.8) is 0 Å². The molecule has 1 atom stereocenters. The van der Waals surface area contributed by atoms with E-state index in [2.05, 4.69) is 29.0 Å². The van der Waals surface area contributed by atoms with Gasteiger partial charge in [0.05, 0.1) is 13.7 Å². The van der Waals surface area contributed by atoms with E-state index < -0.39 is 0 Å². The second-order valence-corrected chi connectivity index (χ2v) is 5.43. The molecule has 1 aromatic carbocycles. The Hall–Kier alpha value is -1.30. The topological polar surface area (TPSA) is 51.0 Å². The Morgan fingerprint density at radius 2 is 1.90 bits per heavy atom. The number of piperazine rings is 1. The van der Waals surface area contributed by atoms with Gasteiger partial charge in [-0.3, -0.25) is 4.90 Å². The fourth-order valence-corrected chi connectivity index (χ4v) is 2.80. The average Bonchev–Trinajstić information content (AvgIpc) is 2.51. The Morgan fingerprint density at radius 1 is 1.19 bits per heavy atom. The molecule has 0 spiro atoms. The molecular formula is C16H27N3O2. The van der Waals surface area contributed by atoms with Gasteiger partial charge in [0.25, 0.3) is 0 Å². The molecule has 2 N–H and O–H groups in total. The van der Waals surface area contributed by atoms with Gasteiger partial charge in [-0.1, -0.05) is 6.07 Å². The van der Waals surface area contributed by atoms with E-state index in [9.17, 15) is 0 Å². The Kier molecular flexibility index (Phi) is 5.85. The number of hydrogen-bond acceptors (Lipinski definition) is 5. The number of rotatable bonds is 6. The summed E-state index contributed by atoms with van der Waals surface area (Å²) < 4.78 is 11.0. The van der Waals surface area contributed by atoms with Crippen LogP contribution in [-0.4, -0.2) is 63.3 Å². The number of benzene rings is 1. The van der Waals surface area contributed by atoms with Gasteiger partial charge in [-0.05, 0) is 31.7 Å². The standard InChI is InChI=1S/C16H27N3O2/c1-4-21-15-6-5-13(11-16(15)20-3)14(12-17)19-9-7-18(2)8-10-19/h5-6,11,14H,4,7-10,12,17H2,1-3H3. The highest BCUT2D eigenvalue weighted by molar-refractivity contribution is 5.44. The summed E-state index contributed by atoms with van der Waals surface area (Å²) in [5, 5.41) is 0. The Bertz CT molecular complexity index is 445. The molecule has 118 valence electrons. The molecule has 0 saturated carbocycles. The lowest BCUT2D eigenvalue weighted by atomic mass is 10.0. The SMILES string of the molecule is CCOc1ccc(C(CN)N2CCN(C)CC2)cc1OC. The number of hydrogen-bond donors (Lipinski definition) is 1. The Balaban J connectivity index is 2.17. The van der Waals surface area contributed by atoms with Crippen LogP contribution in [0.3, 0.4) is 0 Å². The molecule has 1 fully saturated rings. The number of methoxy groups -OCH3 is 1. The zero-order chi connectivity index (χ0) is 15.2. The largest absolute Gasteiger partial charge is 0.493 e. The predicted octanol–water partition coefficient (Wildman–Crippen LogP) is 1.34. The number of nitrogens with two attached hydrogens (primary N) is 1. The molecule has 1 aliphatic heterocycles. The summed E-state index contributed by atoms with van der Waals surface area (Å²) in [4.78, 5) is 4.80. The first-order valence-corrected chi connectivity index (χ1v) is 7.63. The van der Waals surface area contributed by atoms with Crippen LogP contribution < -0.4 is 15.2 Å². The molecule has 0 aromatic heterocycles. The maximum absolute atomic E-state index is 6.03. The second kappa shape index (κ2) is 7.64.